The van der Waals surface area contributed by atoms with E-state index < -0.39 is 10.0 Å². The molecule has 0 radical (unpaired) electrons. The van der Waals surface area contributed by atoms with Gasteiger partial charge in [0.2, 0.25) is 0 Å². The van der Waals surface area contributed by atoms with Gasteiger partial charge in [-0.3, -0.25) is 0 Å². The van der Waals surface area contributed by atoms with Crippen LogP contribution >= 0.6 is 0 Å². The Bertz CT molecular complexity index is 660. The Hall–Kier alpha value is -1.36. The lowest BCUT2D eigenvalue weighted by molar-refractivity contribution is 0.0678. The lowest BCUT2D eigenvalue weighted by Crippen LogP contribution is -2.38. The van der Waals surface area contributed by atoms with Gasteiger partial charge >= 0.3 is 0 Å². The maximum Gasteiger partial charge on any atom is 0.276 e. The number of fused-ring (bicyclic) bond motifs is 1. The number of sulfonamides is 1. The van der Waals surface area contributed by atoms with Gasteiger partial charge in [0.25, 0.3) is 10.0 Å². The minimum Gasteiger partial charge on any atom is -0.200 e. The Morgan fingerprint density at radius 2 is 1.90 bits per heavy atom. The van der Waals surface area contributed by atoms with Crippen molar-refractivity contribution in [1.29, 1.82) is 0 Å². The van der Waals surface area contributed by atoms with Gasteiger partial charge in [0.15, 0.2) is 0 Å². The summed E-state index contributed by atoms with van der Waals surface area (Å²) in [4.78, 5) is 2.65. The third-order valence-electron chi connectivity index (χ3n) is 4.97. The van der Waals surface area contributed by atoms with Crippen molar-refractivity contribution in [1.82, 2.24) is 4.83 Å². The molecule has 5 heteroatoms. The van der Waals surface area contributed by atoms with Crippen molar-refractivity contribution in [3.8, 4) is 0 Å². The van der Waals surface area contributed by atoms with Crippen molar-refractivity contribution in [3.63, 3.8) is 0 Å². The Labute approximate surface area is 120 Å². The average Bonchev–Trinajstić information content (AvgIpc) is 2.93. The zero-order chi connectivity index (χ0) is 14.5. The zero-order valence-electron chi connectivity index (χ0n) is 12.1. The molecule has 0 spiro atoms. The molecule has 0 amide bonds. The van der Waals surface area contributed by atoms with Crippen LogP contribution in [0.1, 0.15) is 32.3 Å². The zero-order valence-corrected chi connectivity index (χ0v) is 12.9. The van der Waals surface area contributed by atoms with Gasteiger partial charge in [-0.1, -0.05) is 31.5 Å². The van der Waals surface area contributed by atoms with Crippen LogP contribution in [0.4, 0.5) is 0 Å². The molecule has 2 bridgehead atoms. The van der Waals surface area contributed by atoms with E-state index in [-0.39, 0.29) is 10.3 Å². The van der Waals surface area contributed by atoms with E-state index in [0.29, 0.717) is 11.8 Å². The highest BCUT2D eigenvalue weighted by Crippen LogP contribution is 2.60. The monoisotopic (exact) mass is 292 g/mol. The molecule has 1 N–H and O–H groups in total. The molecule has 0 aliphatic heterocycles. The molecular weight excluding hydrogens is 272 g/mol. The first-order valence-electron chi connectivity index (χ1n) is 6.95. The predicted molar refractivity (Wildman–Crippen MR) is 78.9 cm³/mol. The predicted octanol–water partition coefficient (Wildman–Crippen LogP) is 2.70. The third-order valence-corrected chi connectivity index (χ3v) is 6.19. The average molecular weight is 292 g/mol. The van der Waals surface area contributed by atoms with Gasteiger partial charge in [-0.15, -0.1) is 0 Å². The summed E-state index contributed by atoms with van der Waals surface area (Å²) in [7, 11) is -3.54. The van der Waals surface area contributed by atoms with E-state index in [2.05, 4.69) is 23.8 Å². The van der Waals surface area contributed by atoms with Crippen molar-refractivity contribution < 1.29 is 8.42 Å². The SMILES string of the molecule is Cc1ccc(S(=O)(=O)N/N=C2\CC3CC2C3(C)C)cc1. The van der Waals surface area contributed by atoms with Crippen LogP contribution in [0.25, 0.3) is 0 Å². The van der Waals surface area contributed by atoms with Crippen molar-refractivity contribution in [2.24, 2.45) is 22.4 Å². The number of hydrogen-bond acceptors (Lipinski definition) is 3. The molecule has 0 aromatic heterocycles. The van der Waals surface area contributed by atoms with E-state index in [0.717, 1.165) is 24.1 Å². The molecule has 2 unspecified atom stereocenters. The summed E-state index contributed by atoms with van der Waals surface area (Å²) in [5.74, 6) is 1.10. The fourth-order valence-corrected chi connectivity index (χ4v) is 4.17. The van der Waals surface area contributed by atoms with Crippen molar-refractivity contribution >= 4 is 15.7 Å². The van der Waals surface area contributed by atoms with E-state index in [1.165, 1.54) is 0 Å². The first-order chi connectivity index (χ1) is 9.30. The largest absolute Gasteiger partial charge is 0.276 e. The quantitative estimate of drug-likeness (QED) is 0.871. The van der Waals surface area contributed by atoms with Crippen LogP contribution in [-0.4, -0.2) is 14.1 Å². The second-order valence-corrected chi connectivity index (χ2v) is 8.18. The molecule has 1 aromatic carbocycles. The summed E-state index contributed by atoms with van der Waals surface area (Å²) in [5.41, 5.74) is 2.33. The lowest BCUT2D eigenvalue weighted by Gasteiger charge is -2.43. The molecule has 4 nitrogen and oxygen atoms in total. The van der Waals surface area contributed by atoms with Gasteiger partial charge < -0.3 is 0 Å². The molecule has 2 atom stereocenters. The van der Waals surface area contributed by atoms with E-state index in [1.54, 1.807) is 24.3 Å². The molecule has 108 valence electrons. The molecule has 20 heavy (non-hydrogen) atoms. The first-order valence-corrected chi connectivity index (χ1v) is 8.44. The maximum absolute atomic E-state index is 12.2. The van der Waals surface area contributed by atoms with Crippen LogP contribution in [0, 0.1) is 24.2 Å². The van der Waals surface area contributed by atoms with E-state index >= 15 is 0 Å². The number of hydrazone groups is 1. The maximum atomic E-state index is 12.2. The second-order valence-electron chi connectivity index (χ2n) is 6.52. The van der Waals surface area contributed by atoms with Gasteiger partial charge in [-0.2, -0.15) is 13.5 Å². The molecule has 4 rings (SSSR count). The summed E-state index contributed by atoms with van der Waals surface area (Å²) in [5, 5.41) is 4.19. The molecule has 3 aliphatic rings. The van der Waals surface area contributed by atoms with Crippen LogP contribution in [0.5, 0.6) is 0 Å². The van der Waals surface area contributed by atoms with E-state index in [1.807, 2.05) is 6.92 Å². The molecule has 3 saturated carbocycles. The molecule has 3 aliphatic carbocycles. The van der Waals surface area contributed by atoms with Gasteiger partial charge in [-0.05, 0) is 43.2 Å². The van der Waals surface area contributed by atoms with Gasteiger partial charge in [0.1, 0.15) is 0 Å². The van der Waals surface area contributed by atoms with Crippen molar-refractivity contribution in [2.75, 3.05) is 0 Å². The Balaban J connectivity index is 1.77. The fourth-order valence-electron chi connectivity index (χ4n) is 3.33. The van der Waals surface area contributed by atoms with E-state index in [9.17, 15) is 8.42 Å². The standard InChI is InChI=1S/C15H20N2O2S/c1-10-4-6-12(7-5-10)20(18,19)17-16-14-9-11-8-13(14)15(11,2)3/h4-7,11,13,17H,8-9H2,1-3H3/b16-14+. The summed E-state index contributed by atoms with van der Waals surface area (Å²) < 4.78 is 24.3. The Morgan fingerprint density at radius 1 is 1.25 bits per heavy atom. The highest BCUT2D eigenvalue weighted by Gasteiger charge is 2.56. The van der Waals surface area contributed by atoms with Gasteiger partial charge in [0, 0.05) is 11.6 Å². The molecular formula is C15H20N2O2S. The highest BCUT2D eigenvalue weighted by molar-refractivity contribution is 7.89. The normalized spacial score (nSPS) is 29.2. The number of rotatable bonds is 3. The van der Waals surface area contributed by atoms with Crippen LogP contribution in [-0.2, 0) is 10.0 Å². The van der Waals surface area contributed by atoms with Crippen LogP contribution in [0.3, 0.4) is 0 Å². The number of nitrogens with one attached hydrogen (secondary N) is 1. The summed E-state index contributed by atoms with van der Waals surface area (Å²) in [6.07, 6.45) is 2.08. The number of hydrogen-bond donors (Lipinski definition) is 1. The van der Waals surface area contributed by atoms with E-state index in [4.69, 9.17) is 0 Å². The van der Waals surface area contributed by atoms with Crippen molar-refractivity contribution in [3.05, 3.63) is 29.8 Å². The number of aryl methyl sites for hydroxylation is 1. The summed E-state index contributed by atoms with van der Waals surface area (Å²) >= 11 is 0. The molecule has 3 fully saturated rings. The molecule has 0 heterocycles. The van der Waals surface area contributed by atoms with Crippen LogP contribution in [0.15, 0.2) is 34.3 Å². The lowest BCUT2D eigenvalue weighted by atomic mass is 9.61. The highest BCUT2D eigenvalue weighted by atomic mass is 32.2. The smallest absolute Gasteiger partial charge is 0.200 e. The third kappa shape index (κ3) is 2.04. The molecule has 1 aromatic rings. The summed E-state index contributed by atoms with van der Waals surface area (Å²) in [6, 6.07) is 6.79. The fraction of sp³-hybridized carbons (Fsp3) is 0.533. The topological polar surface area (TPSA) is 58.5 Å². The Kier molecular flexibility index (Phi) is 2.94. The minimum absolute atomic E-state index is 0.261. The number of benzene rings is 1. The molecule has 0 saturated heterocycles. The second kappa shape index (κ2) is 4.32. The van der Waals surface area contributed by atoms with Gasteiger partial charge in [0.05, 0.1) is 4.90 Å². The van der Waals surface area contributed by atoms with Crippen LogP contribution < -0.4 is 4.83 Å². The van der Waals surface area contributed by atoms with Crippen LogP contribution in [0.2, 0.25) is 0 Å². The Morgan fingerprint density at radius 3 is 2.40 bits per heavy atom. The van der Waals surface area contributed by atoms with Crippen molar-refractivity contribution in [2.45, 2.75) is 38.5 Å². The van der Waals surface area contributed by atoms with Gasteiger partial charge in [-0.25, -0.2) is 4.83 Å². The first kappa shape index (κ1) is 13.6. The minimum atomic E-state index is -3.54. The number of nitrogens with zero attached hydrogens (tertiary/aromatic N) is 1. The summed E-state index contributed by atoms with van der Waals surface area (Å²) in [6.45, 7) is 6.41.